The number of aryl methyl sites for hydroxylation is 2. The monoisotopic (exact) mass is 446 g/mol. The maximum absolute atomic E-state index is 13.3. The number of nitrogens with one attached hydrogen (secondary N) is 2. The van der Waals surface area contributed by atoms with Crippen LogP contribution >= 0.6 is 0 Å². The number of aromatic amines is 1. The average Bonchev–Trinajstić information content (AvgIpc) is 3.10. The molecule has 0 radical (unpaired) electrons. The Bertz CT molecular complexity index is 1420. The number of hydrogen-bond acceptors (Lipinski definition) is 4. The lowest BCUT2D eigenvalue weighted by atomic mass is 10.0. The molecule has 1 aromatic heterocycles. The number of rotatable bonds is 6. The largest absolute Gasteiger partial charge is 0.295 e. The molecule has 7 nitrogen and oxygen atoms in total. The van der Waals surface area contributed by atoms with Crippen LogP contribution in [0.5, 0.6) is 0 Å². The van der Waals surface area contributed by atoms with E-state index in [-0.39, 0.29) is 21.7 Å². The van der Waals surface area contributed by atoms with Gasteiger partial charge in [-0.1, -0.05) is 66.2 Å². The van der Waals surface area contributed by atoms with E-state index < -0.39 is 10.0 Å². The summed E-state index contributed by atoms with van der Waals surface area (Å²) in [5.41, 5.74) is 2.98. The summed E-state index contributed by atoms with van der Waals surface area (Å²) < 4.78 is 27.0. The van der Waals surface area contributed by atoms with E-state index in [2.05, 4.69) is 15.0 Å². The van der Waals surface area contributed by atoms with E-state index in [1.54, 1.807) is 55.5 Å². The van der Waals surface area contributed by atoms with E-state index in [9.17, 15) is 13.2 Å². The normalized spacial score (nSPS) is 12.0. The van der Waals surface area contributed by atoms with Gasteiger partial charge in [-0.15, -0.1) is 0 Å². The maximum Gasteiger partial charge on any atom is 0.281 e. The number of H-pyrrole nitrogens is 1. The zero-order valence-corrected chi connectivity index (χ0v) is 18.4. The Kier molecular flexibility index (Phi) is 5.79. The summed E-state index contributed by atoms with van der Waals surface area (Å²) in [4.78, 5) is 15.7. The van der Waals surface area contributed by atoms with Crippen LogP contribution in [0.2, 0.25) is 0 Å². The molecule has 0 atom stereocenters. The minimum atomic E-state index is -3.92. The average molecular weight is 447 g/mol. The van der Waals surface area contributed by atoms with E-state index in [1.165, 1.54) is 16.8 Å². The molecule has 0 saturated carbocycles. The molecule has 4 rings (SSSR count). The lowest BCUT2D eigenvalue weighted by Gasteiger charge is -2.08. The molecule has 3 aromatic carbocycles. The van der Waals surface area contributed by atoms with Crippen LogP contribution in [0, 0.1) is 13.8 Å². The van der Waals surface area contributed by atoms with Gasteiger partial charge >= 0.3 is 0 Å². The SMILES string of the molecule is Cc1ccc(S(=O)(=O)NN=C(c2ccccc2)c2c(C)[nH]n(-c3ccccc3)c2=O)cc1. The zero-order valence-electron chi connectivity index (χ0n) is 17.6. The fraction of sp³-hybridized carbons (Fsp3) is 0.0833. The second-order valence-corrected chi connectivity index (χ2v) is 8.98. The molecule has 0 bridgehead atoms. The predicted molar refractivity (Wildman–Crippen MR) is 125 cm³/mol. The minimum absolute atomic E-state index is 0.0896. The highest BCUT2D eigenvalue weighted by atomic mass is 32.2. The summed E-state index contributed by atoms with van der Waals surface area (Å²) in [6, 6.07) is 24.6. The summed E-state index contributed by atoms with van der Waals surface area (Å²) >= 11 is 0. The lowest BCUT2D eigenvalue weighted by molar-refractivity contribution is 0.584. The molecular formula is C24H22N4O3S. The van der Waals surface area contributed by atoms with Crippen LogP contribution in [-0.2, 0) is 10.0 Å². The maximum atomic E-state index is 13.3. The van der Waals surface area contributed by atoms with Gasteiger partial charge in [0.15, 0.2) is 0 Å². The van der Waals surface area contributed by atoms with Crippen molar-refractivity contribution >= 4 is 15.7 Å². The fourth-order valence-electron chi connectivity index (χ4n) is 3.32. The van der Waals surface area contributed by atoms with E-state index >= 15 is 0 Å². The molecule has 1 heterocycles. The van der Waals surface area contributed by atoms with Crippen LogP contribution in [0.15, 0.2) is 99.7 Å². The van der Waals surface area contributed by atoms with Gasteiger partial charge in [-0.05, 0) is 38.1 Å². The first-order valence-corrected chi connectivity index (χ1v) is 11.4. The Morgan fingerprint density at radius 3 is 2.09 bits per heavy atom. The van der Waals surface area contributed by atoms with Crippen molar-refractivity contribution in [3.05, 3.63) is 118 Å². The smallest absolute Gasteiger partial charge is 0.281 e. The summed E-state index contributed by atoms with van der Waals surface area (Å²) in [5.74, 6) is 0. The van der Waals surface area contributed by atoms with Gasteiger partial charge in [-0.2, -0.15) is 18.4 Å². The van der Waals surface area contributed by atoms with Gasteiger partial charge in [0, 0.05) is 11.3 Å². The van der Waals surface area contributed by atoms with Crippen molar-refractivity contribution in [1.82, 2.24) is 14.6 Å². The van der Waals surface area contributed by atoms with Gasteiger partial charge in [0.2, 0.25) is 0 Å². The lowest BCUT2D eigenvalue weighted by Crippen LogP contribution is -2.25. The van der Waals surface area contributed by atoms with Crippen LogP contribution < -0.4 is 10.4 Å². The minimum Gasteiger partial charge on any atom is -0.295 e. The fourth-order valence-corrected chi connectivity index (χ4v) is 4.13. The third-order valence-electron chi connectivity index (χ3n) is 4.98. The number of hydrogen-bond donors (Lipinski definition) is 2. The highest BCUT2D eigenvalue weighted by Crippen LogP contribution is 2.15. The standard InChI is InChI=1S/C24H22N4O3S/c1-17-13-15-21(16-14-17)32(30,31)27-25-23(19-9-5-3-6-10-19)22-18(2)26-28(24(22)29)20-11-7-4-8-12-20/h3-16,26-27H,1-2H3. The second kappa shape index (κ2) is 8.68. The van der Waals surface area contributed by atoms with Crippen molar-refractivity contribution in [2.75, 3.05) is 0 Å². The number of para-hydroxylation sites is 1. The quantitative estimate of drug-likeness (QED) is 0.350. The molecule has 0 aliphatic carbocycles. The highest BCUT2D eigenvalue weighted by Gasteiger charge is 2.21. The van der Waals surface area contributed by atoms with E-state index in [4.69, 9.17) is 0 Å². The van der Waals surface area contributed by atoms with Crippen molar-refractivity contribution in [2.45, 2.75) is 18.7 Å². The Morgan fingerprint density at radius 1 is 0.875 bits per heavy atom. The van der Waals surface area contributed by atoms with Gasteiger partial charge in [-0.3, -0.25) is 9.89 Å². The number of nitrogens with zero attached hydrogens (tertiary/aromatic N) is 2. The van der Waals surface area contributed by atoms with Gasteiger partial charge in [0.25, 0.3) is 15.6 Å². The molecule has 0 aliphatic heterocycles. The Morgan fingerprint density at radius 2 is 1.47 bits per heavy atom. The van der Waals surface area contributed by atoms with E-state index in [0.717, 1.165) is 5.56 Å². The molecule has 0 amide bonds. The molecular weight excluding hydrogens is 424 g/mol. The molecule has 162 valence electrons. The van der Waals surface area contributed by atoms with E-state index in [0.29, 0.717) is 16.9 Å². The summed E-state index contributed by atoms with van der Waals surface area (Å²) in [6.45, 7) is 3.63. The second-order valence-electron chi connectivity index (χ2n) is 7.32. The topological polar surface area (TPSA) is 96.3 Å². The molecule has 0 aliphatic rings. The first-order chi connectivity index (χ1) is 15.4. The number of aromatic nitrogens is 2. The van der Waals surface area contributed by atoms with Crippen LogP contribution in [0.4, 0.5) is 0 Å². The van der Waals surface area contributed by atoms with Crippen molar-refractivity contribution in [3.63, 3.8) is 0 Å². The molecule has 0 unspecified atom stereocenters. The molecule has 8 heteroatoms. The summed E-state index contributed by atoms with van der Waals surface area (Å²) in [6.07, 6.45) is 0. The highest BCUT2D eigenvalue weighted by molar-refractivity contribution is 7.89. The van der Waals surface area contributed by atoms with Crippen molar-refractivity contribution < 1.29 is 8.42 Å². The van der Waals surface area contributed by atoms with Gasteiger partial charge in [0.1, 0.15) is 5.71 Å². The Hall–Kier alpha value is -3.91. The zero-order chi connectivity index (χ0) is 22.7. The Balaban J connectivity index is 1.82. The van der Waals surface area contributed by atoms with Gasteiger partial charge < -0.3 is 0 Å². The van der Waals surface area contributed by atoms with E-state index in [1.807, 2.05) is 31.2 Å². The molecule has 0 spiro atoms. The summed E-state index contributed by atoms with van der Waals surface area (Å²) in [5, 5.41) is 7.27. The molecule has 32 heavy (non-hydrogen) atoms. The van der Waals surface area contributed by atoms with Crippen LogP contribution in [0.25, 0.3) is 5.69 Å². The number of benzene rings is 3. The van der Waals surface area contributed by atoms with Crippen LogP contribution in [0.3, 0.4) is 0 Å². The van der Waals surface area contributed by atoms with Crippen molar-refractivity contribution in [2.24, 2.45) is 5.10 Å². The van der Waals surface area contributed by atoms with Gasteiger partial charge in [0.05, 0.1) is 16.1 Å². The molecule has 0 fully saturated rings. The Labute approximate surface area is 186 Å². The number of hydrazone groups is 1. The summed E-state index contributed by atoms with van der Waals surface area (Å²) in [7, 11) is -3.92. The number of sulfonamides is 1. The van der Waals surface area contributed by atoms with Crippen molar-refractivity contribution in [1.29, 1.82) is 0 Å². The molecule has 0 saturated heterocycles. The third-order valence-corrected chi connectivity index (χ3v) is 6.20. The first kappa shape index (κ1) is 21.3. The predicted octanol–water partition coefficient (Wildman–Crippen LogP) is 3.51. The first-order valence-electron chi connectivity index (χ1n) is 9.96. The molecule has 2 N–H and O–H groups in total. The van der Waals surface area contributed by atoms with Crippen LogP contribution in [-0.4, -0.2) is 23.9 Å². The molecule has 4 aromatic rings. The third kappa shape index (κ3) is 4.26. The van der Waals surface area contributed by atoms with Crippen molar-refractivity contribution in [3.8, 4) is 5.69 Å². The van der Waals surface area contributed by atoms with Crippen LogP contribution in [0.1, 0.15) is 22.4 Å². The van der Waals surface area contributed by atoms with Gasteiger partial charge in [-0.25, -0.2) is 4.68 Å².